The number of rotatable bonds is 4. The average molecular weight is 174 g/mol. The van der Waals surface area contributed by atoms with Crippen LogP contribution in [0.15, 0.2) is 0 Å². The summed E-state index contributed by atoms with van der Waals surface area (Å²) in [6.07, 6.45) is 1.59. The Morgan fingerprint density at radius 3 is 2.67 bits per heavy atom. The molecule has 1 atom stereocenters. The van der Waals surface area contributed by atoms with E-state index in [1.54, 1.807) is 0 Å². The molecule has 0 aromatic heterocycles. The third-order valence-electron chi connectivity index (χ3n) is 2.49. The Bertz CT molecular complexity index is 143. The highest BCUT2D eigenvalue weighted by Crippen LogP contribution is 2.21. The smallest absolute Gasteiger partial charge is 0.0558 e. The maximum Gasteiger partial charge on any atom is 0.0558 e. The van der Waals surface area contributed by atoms with Crippen LogP contribution >= 0.6 is 0 Å². The molecule has 1 unspecified atom stereocenters. The standard InChI is InChI=1S/C8H18N2O2/c9-8(2-5-11)1-3-10(7-8)4-6-12/h11-12H,1-7,9H2. The third kappa shape index (κ3) is 2.42. The van der Waals surface area contributed by atoms with Gasteiger partial charge in [-0.2, -0.15) is 0 Å². The predicted molar refractivity (Wildman–Crippen MR) is 46.8 cm³/mol. The van der Waals surface area contributed by atoms with E-state index in [9.17, 15) is 0 Å². The van der Waals surface area contributed by atoms with Gasteiger partial charge in [-0.1, -0.05) is 0 Å². The Balaban J connectivity index is 2.32. The van der Waals surface area contributed by atoms with Gasteiger partial charge in [0.2, 0.25) is 0 Å². The van der Waals surface area contributed by atoms with E-state index in [1.165, 1.54) is 0 Å². The van der Waals surface area contributed by atoms with Crippen molar-refractivity contribution in [2.45, 2.75) is 18.4 Å². The molecule has 1 fully saturated rings. The lowest BCUT2D eigenvalue weighted by molar-refractivity contribution is 0.202. The van der Waals surface area contributed by atoms with Crippen LogP contribution in [-0.4, -0.2) is 53.5 Å². The molecule has 0 saturated carbocycles. The maximum atomic E-state index is 8.76. The van der Waals surface area contributed by atoms with Gasteiger partial charge in [0.1, 0.15) is 0 Å². The molecule has 1 aliphatic heterocycles. The minimum absolute atomic E-state index is 0.156. The summed E-state index contributed by atoms with van der Waals surface area (Å²) in [5.74, 6) is 0. The van der Waals surface area contributed by atoms with Crippen LogP contribution < -0.4 is 5.73 Å². The summed E-state index contributed by atoms with van der Waals surface area (Å²) in [6, 6.07) is 0. The number of likely N-dealkylation sites (tertiary alicyclic amines) is 1. The van der Waals surface area contributed by atoms with Gasteiger partial charge in [-0.3, -0.25) is 4.90 Å². The van der Waals surface area contributed by atoms with Crippen LogP contribution in [0.25, 0.3) is 0 Å². The summed E-state index contributed by atoms with van der Waals surface area (Å²) in [5, 5.41) is 17.5. The molecule has 4 N–H and O–H groups in total. The van der Waals surface area contributed by atoms with E-state index in [-0.39, 0.29) is 18.8 Å². The van der Waals surface area contributed by atoms with Crippen molar-refractivity contribution in [3.8, 4) is 0 Å². The summed E-state index contributed by atoms with van der Waals surface area (Å²) in [5.41, 5.74) is 5.79. The van der Waals surface area contributed by atoms with E-state index in [4.69, 9.17) is 15.9 Å². The Morgan fingerprint density at radius 1 is 1.33 bits per heavy atom. The third-order valence-corrected chi connectivity index (χ3v) is 2.49. The topological polar surface area (TPSA) is 69.7 Å². The molecule has 0 radical (unpaired) electrons. The lowest BCUT2D eigenvalue weighted by atomic mass is 9.96. The van der Waals surface area contributed by atoms with Crippen molar-refractivity contribution in [2.75, 3.05) is 32.8 Å². The molecule has 0 spiro atoms. The molecule has 72 valence electrons. The Kier molecular flexibility index (Phi) is 3.46. The van der Waals surface area contributed by atoms with Gasteiger partial charge in [0.25, 0.3) is 0 Å². The zero-order valence-corrected chi connectivity index (χ0v) is 7.37. The normalized spacial score (nSPS) is 31.2. The van der Waals surface area contributed by atoms with E-state index < -0.39 is 0 Å². The molecule has 1 rings (SSSR count). The minimum Gasteiger partial charge on any atom is -0.396 e. The molecule has 0 aliphatic carbocycles. The van der Waals surface area contributed by atoms with Gasteiger partial charge in [-0.25, -0.2) is 0 Å². The highest BCUT2D eigenvalue weighted by molar-refractivity contribution is 4.93. The highest BCUT2D eigenvalue weighted by Gasteiger charge is 2.33. The van der Waals surface area contributed by atoms with Crippen molar-refractivity contribution in [1.82, 2.24) is 4.90 Å². The van der Waals surface area contributed by atoms with Crippen molar-refractivity contribution >= 4 is 0 Å². The molecule has 1 heterocycles. The zero-order valence-electron chi connectivity index (χ0n) is 7.37. The fourth-order valence-corrected chi connectivity index (χ4v) is 1.74. The van der Waals surface area contributed by atoms with E-state index in [1.807, 2.05) is 0 Å². The van der Waals surface area contributed by atoms with Crippen LogP contribution in [0.3, 0.4) is 0 Å². The second-order valence-corrected chi connectivity index (χ2v) is 3.59. The van der Waals surface area contributed by atoms with Gasteiger partial charge in [0.15, 0.2) is 0 Å². The maximum absolute atomic E-state index is 8.76. The van der Waals surface area contributed by atoms with Crippen molar-refractivity contribution in [1.29, 1.82) is 0 Å². The summed E-state index contributed by atoms with van der Waals surface area (Å²) in [7, 11) is 0. The first-order valence-corrected chi connectivity index (χ1v) is 4.43. The summed E-state index contributed by atoms with van der Waals surface area (Å²) < 4.78 is 0. The molecule has 0 bridgehead atoms. The van der Waals surface area contributed by atoms with Crippen molar-refractivity contribution in [3.05, 3.63) is 0 Å². The molecule has 4 heteroatoms. The Morgan fingerprint density at radius 2 is 2.08 bits per heavy atom. The summed E-state index contributed by atoms with van der Waals surface area (Å²) in [6.45, 7) is 2.79. The minimum atomic E-state index is -0.218. The molecule has 0 aromatic rings. The SMILES string of the molecule is NC1(CCO)CCN(CCO)C1. The number of aliphatic hydroxyl groups is 2. The molecule has 1 saturated heterocycles. The molecule has 12 heavy (non-hydrogen) atoms. The van der Waals surface area contributed by atoms with Crippen LogP contribution in [0.4, 0.5) is 0 Å². The summed E-state index contributed by atoms with van der Waals surface area (Å²) in [4.78, 5) is 2.13. The van der Waals surface area contributed by atoms with Gasteiger partial charge >= 0.3 is 0 Å². The largest absolute Gasteiger partial charge is 0.396 e. The molecule has 0 amide bonds. The van der Waals surface area contributed by atoms with Gasteiger partial charge in [-0.05, 0) is 12.8 Å². The first-order valence-electron chi connectivity index (χ1n) is 4.43. The molecule has 4 nitrogen and oxygen atoms in total. The van der Waals surface area contributed by atoms with Gasteiger partial charge in [0, 0.05) is 31.8 Å². The van der Waals surface area contributed by atoms with E-state index in [0.29, 0.717) is 13.0 Å². The molecule has 0 aromatic carbocycles. The second kappa shape index (κ2) is 4.18. The van der Waals surface area contributed by atoms with Gasteiger partial charge in [-0.15, -0.1) is 0 Å². The molecule has 1 aliphatic rings. The fourth-order valence-electron chi connectivity index (χ4n) is 1.74. The van der Waals surface area contributed by atoms with Crippen LogP contribution in [0.5, 0.6) is 0 Å². The number of β-amino-alcohol motifs (C(OH)–C–C–N with tert-alkyl or cyclic N) is 1. The van der Waals surface area contributed by atoms with E-state index in [2.05, 4.69) is 4.90 Å². The van der Waals surface area contributed by atoms with Crippen LogP contribution in [-0.2, 0) is 0 Å². The van der Waals surface area contributed by atoms with Crippen molar-refractivity contribution in [2.24, 2.45) is 5.73 Å². The van der Waals surface area contributed by atoms with Crippen molar-refractivity contribution in [3.63, 3.8) is 0 Å². The number of nitrogens with zero attached hydrogens (tertiary/aromatic N) is 1. The first-order chi connectivity index (χ1) is 5.70. The lowest BCUT2D eigenvalue weighted by Gasteiger charge is -2.23. The van der Waals surface area contributed by atoms with Crippen LogP contribution in [0.2, 0.25) is 0 Å². The second-order valence-electron chi connectivity index (χ2n) is 3.59. The Hall–Kier alpha value is -0.160. The Labute approximate surface area is 73.0 Å². The number of nitrogens with two attached hydrogens (primary N) is 1. The number of hydrogen-bond acceptors (Lipinski definition) is 4. The fraction of sp³-hybridized carbons (Fsp3) is 1.00. The van der Waals surface area contributed by atoms with E-state index >= 15 is 0 Å². The van der Waals surface area contributed by atoms with Gasteiger partial charge < -0.3 is 15.9 Å². The monoisotopic (exact) mass is 174 g/mol. The lowest BCUT2D eigenvalue weighted by Crippen LogP contribution is -2.43. The zero-order chi connectivity index (χ0) is 9.03. The first kappa shape index (κ1) is 9.92. The summed E-state index contributed by atoms with van der Waals surface area (Å²) >= 11 is 0. The number of aliphatic hydroxyl groups excluding tert-OH is 2. The molecular formula is C8H18N2O2. The van der Waals surface area contributed by atoms with E-state index in [0.717, 1.165) is 19.5 Å². The predicted octanol–water partition coefficient (Wildman–Crippen LogP) is -1.24. The van der Waals surface area contributed by atoms with Crippen molar-refractivity contribution < 1.29 is 10.2 Å². The van der Waals surface area contributed by atoms with Gasteiger partial charge in [0.05, 0.1) is 6.61 Å². The van der Waals surface area contributed by atoms with Crippen LogP contribution in [0, 0.1) is 0 Å². The average Bonchev–Trinajstić information content (AvgIpc) is 2.34. The van der Waals surface area contributed by atoms with Crippen LogP contribution in [0.1, 0.15) is 12.8 Å². The quantitative estimate of drug-likeness (QED) is 0.499. The number of hydrogen-bond donors (Lipinski definition) is 3. The molecular weight excluding hydrogens is 156 g/mol. The highest BCUT2D eigenvalue weighted by atomic mass is 16.3.